The summed E-state index contributed by atoms with van der Waals surface area (Å²) in [5.74, 6) is 0.875. The van der Waals surface area contributed by atoms with Gasteiger partial charge in [0, 0.05) is 16.0 Å². The number of nitriles is 1. The lowest BCUT2D eigenvalue weighted by Gasteiger charge is -1.97. The molecule has 0 radical (unpaired) electrons. The molecule has 0 aliphatic heterocycles. The van der Waals surface area contributed by atoms with E-state index in [1.165, 1.54) is 4.90 Å². The van der Waals surface area contributed by atoms with Gasteiger partial charge in [-0.25, -0.2) is 4.98 Å². The Bertz CT molecular complexity index is 485. The Morgan fingerprint density at radius 1 is 1.31 bits per heavy atom. The van der Waals surface area contributed by atoms with Crippen molar-refractivity contribution in [1.29, 1.82) is 5.26 Å². The molecule has 0 bridgehead atoms. The van der Waals surface area contributed by atoms with Crippen molar-refractivity contribution in [1.82, 2.24) is 4.98 Å². The molecule has 0 aliphatic rings. The minimum absolute atomic E-state index is 0.466. The molecule has 16 heavy (non-hydrogen) atoms. The molecule has 0 amide bonds. The predicted molar refractivity (Wildman–Crippen MR) is 67.4 cm³/mol. The first-order valence-electron chi connectivity index (χ1n) is 4.87. The van der Waals surface area contributed by atoms with E-state index >= 15 is 0 Å². The maximum Gasteiger partial charge on any atom is 0.103 e. The molecular weight excluding hydrogens is 236 g/mol. The van der Waals surface area contributed by atoms with E-state index in [0.29, 0.717) is 6.42 Å². The number of rotatable bonds is 4. The van der Waals surface area contributed by atoms with Crippen molar-refractivity contribution < 1.29 is 0 Å². The summed E-state index contributed by atoms with van der Waals surface area (Å²) in [7, 11) is 0. The molecule has 2 rings (SSSR count). The van der Waals surface area contributed by atoms with Gasteiger partial charge in [-0.1, -0.05) is 18.2 Å². The van der Waals surface area contributed by atoms with Gasteiger partial charge in [-0.05, 0) is 12.1 Å². The number of aromatic nitrogens is 1. The van der Waals surface area contributed by atoms with Gasteiger partial charge in [0.25, 0.3) is 0 Å². The first-order valence-corrected chi connectivity index (χ1v) is 6.67. The van der Waals surface area contributed by atoms with E-state index < -0.39 is 0 Å². The number of thioether (sulfide) groups is 1. The molecule has 0 spiro atoms. The van der Waals surface area contributed by atoms with E-state index in [1.54, 1.807) is 29.3 Å². The average Bonchev–Trinajstić information content (AvgIpc) is 2.76. The van der Waals surface area contributed by atoms with Crippen LogP contribution in [0.25, 0.3) is 0 Å². The zero-order chi connectivity index (χ0) is 11.2. The second-order valence-corrected chi connectivity index (χ2v) is 5.41. The first-order chi connectivity index (χ1) is 7.88. The Kier molecular flexibility index (Phi) is 3.97. The second kappa shape index (κ2) is 5.69. The van der Waals surface area contributed by atoms with Crippen LogP contribution in [0.4, 0.5) is 0 Å². The van der Waals surface area contributed by atoms with Crippen LogP contribution in [-0.2, 0) is 12.2 Å². The molecule has 1 aromatic carbocycles. The lowest BCUT2D eigenvalue weighted by atomic mass is 10.4. The maximum absolute atomic E-state index is 8.56. The van der Waals surface area contributed by atoms with E-state index in [2.05, 4.69) is 23.2 Å². The van der Waals surface area contributed by atoms with Crippen molar-refractivity contribution in [2.75, 3.05) is 0 Å². The number of thiazole rings is 1. The average molecular weight is 246 g/mol. The molecule has 0 aliphatic carbocycles. The van der Waals surface area contributed by atoms with E-state index in [1.807, 2.05) is 18.2 Å². The Labute approximate surface area is 103 Å². The minimum Gasteiger partial charge on any atom is -0.248 e. The number of hydrogen-bond acceptors (Lipinski definition) is 4. The van der Waals surface area contributed by atoms with Crippen LogP contribution in [0.1, 0.15) is 9.88 Å². The van der Waals surface area contributed by atoms with Crippen LogP contribution in [0, 0.1) is 11.3 Å². The highest BCUT2D eigenvalue weighted by molar-refractivity contribution is 7.98. The third-order valence-corrected chi connectivity index (χ3v) is 4.16. The zero-order valence-electron chi connectivity index (χ0n) is 8.59. The van der Waals surface area contributed by atoms with Crippen LogP contribution < -0.4 is 0 Å². The lowest BCUT2D eigenvalue weighted by molar-refractivity contribution is 1.23. The zero-order valence-corrected chi connectivity index (χ0v) is 10.2. The highest BCUT2D eigenvalue weighted by Crippen LogP contribution is 2.24. The summed E-state index contributed by atoms with van der Waals surface area (Å²) in [5, 5.41) is 9.64. The molecule has 0 atom stereocenters. The van der Waals surface area contributed by atoms with E-state index in [4.69, 9.17) is 5.26 Å². The van der Waals surface area contributed by atoms with Crippen molar-refractivity contribution in [3.63, 3.8) is 0 Å². The molecule has 0 N–H and O–H groups in total. The van der Waals surface area contributed by atoms with Crippen molar-refractivity contribution in [2.24, 2.45) is 0 Å². The molecule has 1 heterocycles. The molecular formula is C12H10N2S2. The fourth-order valence-corrected chi connectivity index (χ4v) is 3.01. The van der Waals surface area contributed by atoms with Gasteiger partial charge in [-0.2, -0.15) is 5.26 Å². The molecule has 0 unspecified atom stereocenters. The SMILES string of the molecule is N#CCc1cnc(CSc2ccccc2)s1. The van der Waals surface area contributed by atoms with Gasteiger partial charge in [-0.3, -0.25) is 0 Å². The summed E-state index contributed by atoms with van der Waals surface area (Å²) >= 11 is 3.39. The summed E-state index contributed by atoms with van der Waals surface area (Å²) in [6, 6.07) is 12.4. The Balaban J connectivity index is 1.93. The second-order valence-electron chi connectivity index (χ2n) is 3.16. The molecule has 0 fully saturated rings. The number of hydrogen-bond donors (Lipinski definition) is 0. The van der Waals surface area contributed by atoms with Gasteiger partial charge in [0.15, 0.2) is 0 Å². The third-order valence-electron chi connectivity index (χ3n) is 1.96. The van der Waals surface area contributed by atoms with Gasteiger partial charge < -0.3 is 0 Å². The Morgan fingerprint density at radius 3 is 2.88 bits per heavy atom. The highest BCUT2D eigenvalue weighted by Gasteiger charge is 2.02. The predicted octanol–water partition coefficient (Wildman–Crippen LogP) is 3.50. The monoisotopic (exact) mass is 246 g/mol. The molecule has 0 saturated heterocycles. The fraction of sp³-hybridized carbons (Fsp3) is 0.167. The summed E-state index contributed by atoms with van der Waals surface area (Å²) in [6.07, 6.45) is 2.27. The topological polar surface area (TPSA) is 36.7 Å². The summed E-state index contributed by atoms with van der Waals surface area (Å²) in [5.41, 5.74) is 0. The fourth-order valence-electron chi connectivity index (χ4n) is 1.24. The van der Waals surface area contributed by atoms with Crippen molar-refractivity contribution in [3.05, 3.63) is 46.4 Å². The molecule has 4 heteroatoms. The van der Waals surface area contributed by atoms with Crippen LogP contribution in [0.3, 0.4) is 0 Å². The number of benzene rings is 1. The molecule has 1 aromatic heterocycles. The van der Waals surface area contributed by atoms with E-state index in [9.17, 15) is 0 Å². The van der Waals surface area contributed by atoms with Crippen LogP contribution in [-0.4, -0.2) is 4.98 Å². The van der Waals surface area contributed by atoms with Crippen LogP contribution in [0.5, 0.6) is 0 Å². The molecule has 0 saturated carbocycles. The Morgan fingerprint density at radius 2 is 2.12 bits per heavy atom. The van der Waals surface area contributed by atoms with Crippen LogP contribution >= 0.6 is 23.1 Å². The quantitative estimate of drug-likeness (QED) is 0.775. The molecule has 80 valence electrons. The molecule has 2 aromatic rings. The summed E-state index contributed by atoms with van der Waals surface area (Å²) in [4.78, 5) is 6.59. The lowest BCUT2D eigenvalue weighted by Crippen LogP contribution is -1.76. The van der Waals surface area contributed by atoms with Gasteiger partial charge in [0.1, 0.15) is 5.01 Å². The first kappa shape index (κ1) is 11.2. The van der Waals surface area contributed by atoms with E-state index in [0.717, 1.165) is 15.6 Å². The third kappa shape index (κ3) is 3.09. The van der Waals surface area contributed by atoms with Crippen molar-refractivity contribution >= 4 is 23.1 Å². The maximum atomic E-state index is 8.56. The standard InChI is InChI=1S/C12H10N2S2/c13-7-6-11-8-14-12(16-11)9-15-10-4-2-1-3-5-10/h1-5,8H,6,9H2. The Hall–Kier alpha value is -1.31. The number of nitrogens with zero attached hydrogens (tertiary/aromatic N) is 2. The van der Waals surface area contributed by atoms with E-state index in [-0.39, 0.29) is 0 Å². The summed E-state index contributed by atoms with van der Waals surface area (Å²) < 4.78 is 0. The summed E-state index contributed by atoms with van der Waals surface area (Å²) in [6.45, 7) is 0. The largest absolute Gasteiger partial charge is 0.248 e. The smallest absolute Gasteiger partial charge is 0.103 e. The minimum atomic E-state index is 0.466. The van der Waals surface area contributed by atoms with Gasteiger partial charge in [-0.15, -0.1) is 23.1 Å². The van der Waals surface area contributed by atoms with Gasteiger partial charge >= 0.3 is 0 Å². The van der Waals surface area contributed by atoms with Gasteiger partial charge in [0.2, 0.25) is 0 Å². The van der Waals surface area contributed by atoms with Crippen molar-refractivity contribution in [3.8, 4) is 6.07 Å². The van der Waals surface area contributed by atoms with Crippen LogP contribution in [0.2, 0.25) is 0 Å². The van der Waals surface area contributed by atoms with Gasteiger partial charge in [0.05, 0.1) is 18.2 Å². The van der Waals surface area contributed by atoms with Crippen LogP contribution in [0.15, 0.2) is 41.4 Å². The molecule has 2 nitrogen and oxygen atoms in total. The van der Waals surface area contributed by atoms with Crippen molar-refractivity contribution in [2.45, 2.75) is 17.1 Å². The highest BCUT2D eigenvalue weighted by atomic mass is 32.2. The normalized spacial score (nSPS) is 9.94.